The molecule has 3 N–H and O–H groups in total. The van der Waals surface area contributed by atoms with Crippen molar-refractivity contribution in [3.8, 4) is 0 Å². The molecule has 0 aliphatic heterocycles. The topological polar surface area (TPSA) is 85.8 Å². The first-order valence-electron chi connectivity index (χ1n) is 7.49. The Hall–Kier alpha value is -0.790. The zero-order valence-electron chi connectivity index (χ0n) is 13.5. The van der Waals surface area contributed by atoms with Gasteiger partial charge in [0.25, 0.3) is 0 Å². The number of amides is 1. The largest absolute Gasteiger partial charge is 0.354 e. The molecule has 6 nitrogen and oxygen atoms in total. The summed E-state index contributed by atoms with van der Waals surface area (Å²) in [5.74, 6) is 1.53. The Morgan fingerprint density at radius 3 is 2.68 bits per heavy atom. The molecule has 22 heavy (non-hydrogen) atoms. The molecule has 1 fully saturated rings. The maximum Gasteiger partial charge on any atom is 0.240 e. The highest BCUT2D eigenvalue weighted by Gasteiger charge is 2.45. The highest BCUT2D eigenvalue weighted by molar-refractivity contribution is 7.98. The second-order valence-electron chi connectivity index (χ2n) is 6.12. The fourth-order valence-corrected chi connectivity index (χ4v) is 2.71. The average Bonchev–Trinajstić information content (AvgIpc) is 3.08. The predicted molar refractivity (Wildman–Crippen MR) is 91.4 cm³/mol. The van der Waals surface area contributed by atoms with Gasteiger partial charge in [0.05, 0.1) is 5.54 Å². The molecule has 8 heteroatoms. The lowest BCUT2D eigenvalue weighted by atomic mass is 10.2. The third-order valence-corrected chi connectivity index (χ3v) is 4.29. The van der Waals surface area contributed by atoms with Crippen LogP contribution in [0.2, 0.25) is 0 Å². The second-order valence-corrected chi connectivity index (χ2v) is 6.90. The Morgan fingerprint density at radius 2 is 2.14 bits per heavy atom. The molecule has 0 unspecified atom stereocenters. The van der Waals surface area contributed by atoms with Gasteiger partial charge in [0, 0.05) is 19.5 Å². The van der Waals surface area contributed by atoms with Crippen LogP contribution < -0.4 is 11.1 Å². The van der Waals surface area contributed by atoms with Crippen molar-refractivity contribution in [1.29, 1.82) is 0 Å². The maximum absolute atomic E-state index is 11.7. The molecule has 0 aromatic carbocycles. The van der Waals surface area contributed by atoms with E-state index in [4.69, 9.17) is 5.73 Å². The fourth-order valence-electron chi connectivity index (χ4n) is 2.19. The zero-order valence-corrected chi connectivity index (χ0v) is 15.1. The molecule has 1 amide bonds. The van der Waals surface area contributed by atoms with Crippen LogP contribution in [0, 0.1) is 5.92 Å². The van der Waals surface area contributed by atoms with Gasteiger partial charge in [0.2, 0.25) is 5.91 Å². The standard InChI is InChI=1S/C14H25N5OS.ClH/c1-10(2)9-19-11(17-18-13(19)21-3)5-4-8-16-12(20)14(15)6-7-14;/h10H,4-9,15H2,1-3H3,(H,16,20);1H. The smallest absolute Gasteiger partial charge is 0.240 e. The van der Waals surface area contributed by atoms with E-state index >= 15 is 0 Å². The number of thioether (sulfide) groups is 1. The molecular weight excluding hydrogens is 322 g/mol. The monoisotopic (exact) mass is 347 g/mol. The molecule has 1 heterocycles. The molecule has 1 aromatic rings. The van der Waals surface area contributed by atoms with Crippen LogP contribution in [-0.2, 0) is 17.8 Å². The fraction of sp³-hybridized carbons (Fsp3) is 0.786. The number of nitrogens with one attached hydrogen (secondary N) is 1. The van der Waals surface area contributed by atoms with E-state index in [1.165, 1.54) is 0 Å². The van der Waals surface area contributed by atoms with Gasteiger partial charge in [0.1, 0.15) is 5.82 Å². The van der Waals surface area contributed by atoms with Crippen molar-refractivity contribution in [3.05, 3.63) is 5.82 Å². The van der Waals surface area contributed by atoms with Gasteiger partial charge in [-0.2, -0.15) is 0 Å². The van der Waals surface area contributed by atoms with Crippen molar-refractivity contribution in [2.24, 2.45) is 11.7 Å². The van der Waals surface area contributed by atoms with Crippen LogP contribution >= 0.6 is 24.2 Å². The molecular formula is C14H26ClN5OS. The number of hydrogen-bond acceptors (Lipinski definition) is 5. The van der Waals surface area contributed by atoms with Crippen LogP contribution in [0.1, 0.15) is 38.9 Å². The summed E-state index contributed by atoms with van der Waals surface area (Å²) in [6.45, 7) is 5.94. The lowest BCUT2D eigenvalue weighted by Gasteiger charge is -2.12. The molecule has 0 radical (unpaired) electrons. The summed E-state index contributed by atoms with van der Waals surface area (Å²) in [6, 6.07) is 0. The third kappa shape index (κ3) is 4.86. The van der Waals surface area contributed by atoms with E-state index < -0.39 is 5.54 Å². The minimum absolute atomic E-state index is 0. The Morgan fingerprint density at radius 1 is 1.45 bits per heavy atom. The number of carbonyl (C=O) groups excluding carboxylic acids is 1. The molecule has 2 rings (SSSR count). The van der Waals surface area contributed by atoms with Crippen molar-refractivity contribution < 1.29 is 4.79 Å². The number of carbonyl (C=O) groups is 1. The molecule has 0 atom stereocenters. The summed E-state index contributed by atoms with van der Waals surface area (Å²) in [5.41, 5.74) is 5.26. The van der Waals surface area contributed by atoms with Gasteiger partial charge < -0.3 is 15.6 Å². The van der Waals surface area contributed by atoms with Gasteiger partial charge in [-0.3, -0.25) is 4.79 Å². The summed E-state index contributed by atoms with van der Waals surface area (Å²) in [6.07, 6.45) is 5.29. The summed E-state index contributed by atoms with van der Waals surface area (Å²) in [5, 5.41) is 12.4. The van der Waals surface area contributed by atoms with E-state index in [1.807, 2.05) is 6.26 Å². The van der Waals surface area contributed by atoms with Gasteiger partial charge in [-0.05, 0) is 31.4 Å². The quantitative estimate of drug-likeness (QED) is 0.551. The van der Waals surface area contributed by atoms with Crippen LogP contribution in [0.4, 0.5) is 0 Å². The Kier molecular flexibility index (Phi) is 7.15. The third-order valence-electron chi connectivity index (χ3n) is 3.63. The van der Waals surface area contributed by atoms with Crippen LogP contribution in [0.25, 0.3) is 0 Å². The molecule has 0 saturated heterocycles. The van der Waals surface area contributed by atoms with Gasteiger partial charge in [-0.25, -0.2) is 0 Å². The van der Waals surface area contributed by atoms with Crippen molar-refractivity contribution in [2.45, 2.75) is 56.8 Å². The Labute approximate surface area is 142 Å². The molecule has 1 aromatic heterocycles. The van der Waals surface area contributed by atoms with Gasteiger partial charge in [-0.1, -0.05) is 25.6 Å². The summed E-state index contributed by atoms with van der Waals surface area (Å²) in [7, 11) is 0. The van der Waals surface area contributed by atoms with Crippen molar-refractivity contribution in [2.75, 3.05) is 12.8 Å². The predicted octanol–water partition coefficient (Wildman–Crippen LogP) is 1.62. The zero-order chi connectivity index (χ0) is 15.5. The summed E-state index contributed by atoms with van der Waals surface area (Å²) >= 11 is 1.62. The molecule has 1 aliphatic carbocycles. The lowest BCUT2D eigenvalue weighted by Crippen LogP contribution is -2.43. The number of nitrogens with two attached hydrogens (primary N) is 1. The number of hydrogen-bond donors (Lipinski definition) is 2. The van der Waals surface area contributed by atoms with Crippen LogP contribution in [0.5, 0.6) is 0 Å². The lowest BCUT2D eigenvalue weighted by molar-refractivity contribution is -0.123. The first kappa shape index (κ1) is 19.3. The molecule has 126 valence electrons. The van der Waals surface area contributed by atoms with Crippen LogP contribution in [-0.4, -0.2) is 39.0 Å². The van der Waals surface area contributed by atoms with E-state index in [0.29, 0.717) is 12.5 Å². The van der Waals surface area contributed by atoms with Crippen LogP contribution in [0.3, 0.4) is 0 Å². The first-order chi connectivity index (χ1) is 9.96. The number of rotatable bonds is 8. The minimum atomic E-state index is -0.580. The average molecular weight is 348 g/mol. The van der Waals surface area contributed by atoms with E-state index in [-0.39, 0.29) is 18.3 Å². The SMILES string of the molecule is CSc1nnc(CCCNC(=O)C2(N)CC2)n1CC(C)C.Cl. The highest BCUT2D eigenvalue weighted by atomic mass is 35.5. The first-order valence-corrected chi connectivity index (χ1v) is 8.72. The van der Waals surface area contributed by atoms with Crippen molar-refractivity contribution in [1.82, 2.24) is 20.1 Å². The van der Waals surface area contributed by atoms with E-state index in [1.54, 1.807) is 11.8 Å². The summed E-state index contributed by atoms with van der Waals surface area (Å²) in [4.78, 5) is 11.7. The number of aromatic nitrogens is 3. The highest BCUT2D eigenvalue weighted by Crippen LogP contribution is 2.32. The van der Waals surface area contributed by atoms with E-state index in [9.17, 15) is 4.79 Å². The summed E-state index contributed by atoms with van der Waals surface area (Å²) < 4.78 is 2.18. The van der Waals surface area contributed by atoms with Gasteiger partial charge in [0.15, 0.2) is 5.16 Å². The van der Waals surface area contributed by atoms with E-state index in [2.05, 4.69) is 33.9 Å². The van der Waals surface area contributed by atoms with Gasteiger partial charge >= 0.3 is 0 Å². The number of halogens is 1. The van der Waals surface area contributed by atoms with Gasteiger partial charge in [-0.15, -0.1) is 22.6 Å². The Balaban J connectivity index is 0.00000242. The molecule has 0 bridgehead atoms. The minimum Gasteiger partial charge on any atom is -0.354 e. The molecule has 1 aliphatic rings. The van der Waals surface area contributed by atoms with Crippen molar-refractivity contribution in [3.63, 3.8) is 0 Å². The Bertz CT molecular complexity index is 501. The van der Waals surface area contributed by atoms with E-state index in [0.717, 1.165) is 43.2 Å². The van der Waals surface area contributed by atoms with Crippen LogP contribution in [0.15, 0.2) is 5.16 Å². The second kappa shape index (κ2) is 8.17. The molecule has 0 spiro atoms. The van der Waals surface area contributed by atoms with Crippen molar-refractivity contribution >= 4 is 30.1 Å². The number of nitrogens with zero attached hydrogens (tertiary/aromatic N) is 3. The number of aryl methyl sites for hydroxylation is 1. The normalized spacial score (nSPS) is 15.5. The maximum atomic E-state index is 11.7. The molecule has 1 saturated carbocycles.